The van der Waals surface area contributed by atoms with Crippen molar-refractivity contribution in [2.24, 2.45) is 0 Å². The van der Waals surface area contributed by atoms with E-state index in [1.54, 1.807) is 11.1 Å². The molecule has 0 spiro atoms. The fourth-order valence-corrected chi connectivity index (χ4v) is 2.45. The van der Waals surface area contributed by atoms with E-state index >= 15 is 0 Å². The van der Waals surface area contributed by atoms with Crippen molar-refractivity contribution < 1.29 is 14.6 Å². The Morgan fingerprint density at radius 2 is 2.04 bits per heavy atom. The summed E-state index contributed by atoms with van der Waals surface area (Å²) >= 11 is 0. The predicted octanol–water partition coefficient (Wildman–Crippen LogP) is -0.0661. The van der Waals surface area contributed by atoms with Gasteiger partial charge in [0.25, 0.3) is 0 Å². The Morgan fingerprint density at radius 3 is 2.74 bits per heavy atom. The van der Waals surface area contributed by atoms with Crippen molar-refractivity contribution in [2.45, 2.75) is 13.8 Å². The number of hydrogen-bond donors (Lipinski definition) is 2. The van der Waals surface area contributed by atoms with Crippen molar-refractivity contribution >= 4 is 11.8 Å². The molecule has 128 valence electrons. The van der Waals surface area contributed by atoms with Gasteiger partial charge in [0.15, 0.2) is 0 Å². The maximum absolute atomic E-state index is 12.1. The van der Waals surface area contributed by atoms with Gasteiger partial charge in [0.2, 0.25) is 0 Å². The largest absolute Gasteiger partial charge is 0.394 e. The molecule has 1 aliphatic rings. The predicted molar refractivity (Wildman–Crippen MR) is 86.6 cm³/mol. The van der Waals surface area contributed by atoms with Crippen LogP contribution < -0.4 is 10.2 Å². The number of carbonyl (C=O) groups excluding carboxylic acids is 1. The maximum atomic E-state index is 12.1. The fraction of sp³-hybridized carbons (Fsp3) is 0.667. The molecular weight excluding hydrogens is 298 g/mol. The van der Waals surface area contributed by atoms with E-state index in [4.69, 9.17) is 9.84 Å². The number of rotatable bonds is 6. The normalized spacial score (nSPS) is 14.9. The zero-order valence-electron chi connectivity index (χ0n) is 13.8. The second-order valence-electron chi connectivity index (χ2n) is 5.46. The molecule has 0 atom stereocenters. The molecule has 1 aromatic heterocycles. The molecule has 2 heterocycles. The third-order valence-electron chi connectivity index (χ3n) is 3.68. The molecule has 23 heavy (non-hydrogen) atoms. The van der Waals surface area contributed by atoms with Crippen molar-refractivity contribution in [2.75, 3.05) is 57.4 Å². The summed E-state index contributed by atoms with van der Waals surface area (Å²) in [5, 5.41) is 11.4. The third-order valence-corrected chi connectivity index (χ3v) is 3.68. The highest BCUT2D eigenvalue weighted by Gasteiger charge is 2.22. The van der Waals surface area contributed by atoms with Gasteiger partial charge in [0.05, 0.1) is 31.2 Å². The van der Waals surface area contributed by atoms with E-state index in [0.717, 1.165) is 30.3 Å². The number of aryl methyl sites for hydroxylation is 2. The molecule has 0 bridgehead atoms. The molecule has 0 aromatic carbocycles. The monoisotopic (exact) mass is 323 g/mol. The fourth-order valence-electron chi connectivity index (χ4n) is 2.45. The highest BCUT2D eigenvalue weighted by molar-refractivity contribution is 5.74. The Bertz CT molecular complexity index is 518. The molecular formula is C15H25N5O3. The number of nitrogens with one attached hydrogen (secondary N) is 1. The van der Waals surface area contributed by atoms with E-state index in [1.807, 2.05) is 13.8 Å². The molecule has 2 N–H and O–H groups in total. The quantitative estimate of drug-likeness (QED) is 0.713. The lowest BCUT2D eigenvalue weighted by Crippen LogP contribution is -2.52. The summed E-state index contributed by atoms with van der Waals surface area (Å²) < 4.78 is 5.11. The number of carbonyl (C=O) groups is 1. The van der Waals surface area contributed by atoms with E-state index < -0.39 is 0 Å². The van der Waals surface area contributed by atoms with Gasteiger partial charge in [-0.2, -0.15) is 0 Å². The van der Waals surface area contributed by atoms with Crippen LogP contribution in [0.4, 0.5) is 10.6 Å². The lowest BCUT2D eigenvalue weighted by molar-refractivity contribution is 0.0936. The standard InChI is InChI=1S/C15H25N5O3/c1-12-11-17-13(2)14(18-12)19-4-6-20(7-5-19)15(22)16-3-9-23-10-8-21/h11,21H,3-10H2,1-2H3,(H,16,22). The first-order chi connectivity index (χ1) is 11.1. The lowest BCUT2D eigenvalue weighted by Gasteiger charge is -2.35. The van der Waals surface area contributed by atoms with Gasteiger partial charge in [0, 0.05) is 38.9 Å². The van der Waals surface area contributed by atoms with E-state index in [9.17, 15) is 4.79 Å². The summed E-state index contributed by atoms with van der Waals surface area (Å²) in [6, 6.07) is -0.0794. The molecule has 2 rings (SSSR count). The average Bonchev–Trinajstić information content (AvgIpc) is 2.57. The first kappa shape index (κ1) is 17.4. The number of urea groups is 1. The molecule has 8 heteroatoms. The van der Waals surface area contributed by atoms with E-state index in [2.05, 4.69) is 20.2 Å². The average molecular weight is 323 g/mol. The number of hydrogen-bond acceptors (Lipinski definition) is 6. The number of amides is 2. The Labute approximate surface area is 136 Å². The van der Waals surface area contributed by atoms with Gasteiger partial charge in [-0.25, -0.2) is 9.78 Å². The smallest absolute Gasteiger partial charge is 0.317 e. The van der Waals surface area contributed by atoms with Crippen LogP contribution in [0.2, 0.25) is 0 Å². The number of ether oxygens (including phenoxy) is 1. The molecule has 8 nitrogen and oxygen atoms in total. The van der Waals surface area contributed by atoms with Crippen molar-refractivity contribution in [3.05, 3.63) is 17.6 Å². The molecule has 1 saturated heterocycles. The van der Waals surface area contributed by atoms with Gasteiger partial charge in [-0.15, -0.1) is 0 Å². The van der Waals surface area contributed by atoms with E-state index in [1.165, 1.54) is 0 Å². The number of nitrogens with zero attached hydrogens (tertiary/aromatic N) is 4. The van der Waals surface area contributed by atoms with Crippen LogP contribution in [0, 0.1) is 13.8 Å². The van der Waals surface area contributed by atoms with E-state index in [0.29, 0.717) is 32.8 Å². The number of anilines is 1. The van der Waals surface area contributed by atoms with Crippen LogP contribution in [0.15, 0.2) is 6.20 Å². The van der Waals surface area contributed by atoms with Crippen LogP contribution in [0.1, 0.15) is 11.4 Å². The second-order valence-corrected chi connectivity index (χ2v) is 5.46. The molecule has 2 amide bonds. The zero-order valence-corrected chi connectivity index (χ0v) is 13.8. The highest BCUT2D eigenvalue weighted by atomic mass is 16.5. The third kappa shape index (κ3) is 5.04. The summed E-state index contributed by atoms with van der Waals surface area (Å²) in [4.78, 5) is 24.9. The Morgan fingerprint density at radius 1 is 1.30 bits per heavy atom. The number of aliphatic hydroxyl groups excluding tert-OH is 1. The van der Waals surface area contributed by atoms with Crippen molar-refractivity contribution in [3.63, 3.8) is 0 Å². The maximum Gasteiger partial charge on any atom is 0.317 e. The Balaban J connectivity index is 1.77. The molecule has 0 radical (unpaired) electrons. The van der Waals surface area contributed by atoms with Gasteiger partial charge in [-0.1, -0.05) is 0 Å². The van der Waals surface area contributed by atoms with Crippen LogP contribution in [0.25, 0.3) is 0 Å². The van der Waals surface area contributed by atoms with Gasteiger partial charge in [-0.05, 0) is 13.8 Å². The minimum Gasteiger partial charge on any atom is -0.394 e. The van der Waals surface area contributed by atoms with Gasteiger partial charge < -0.3 is 25.0 Å². The molecule has 0 unspecified atom stereocenters. The molecule has 1 aromatic rings. The molecule has 1 aliphatic heterocycles. The van der Waals surface area contributed by atoms with E-state index in [-0.39, 0.29) is 12.6 Å². The van der Waals surface area contributed by atoms with Gasteiger partial charge in [-0.3, -0.25) is 4.98 Å². The van der Waals surface area contributed by atoms with Crippen LogP contribution >= 0.6 is 0 Å². The summed E-state index contributed by atoms with van der Waals surface area (Å²) in [6.45, 7) is 7.82. The minimum atomic E-state index is -0.0794. The zero-order chi connectivity index (χ0) is 16.7. The van der Waals surface area contributed by atoms with Crippen LogP contribution in [-0.2, 0) is 4.74 Å². The summed E-state index contributed by atoms with van der Waals surface area (Å²) in [6.07, 6.45) is 1.77. The second kappa shape index (κ2) is 8.64. The van der Waals surface area contributed by atoms with Crippen LogP contribution in [-0.4, -0.2) is 78.5 Å². The minimum absolute atomic E-state index is 0.00280. The number of aliphatic hydroxyl groups is 1. The summed E-state index contributed by atoms with van der Waals surface area (Å²) in [7, 11) is 0. The Kier molecular flexibility index (Phi) is 6.54. The van der Waals surface area contributed by atoms with Crippen molar-refractivity contribution in [3.8, 4) is 0 Å². The topological polar surface area (TPSA) is 90.8 Å². The van der Waals surface area contributed by atoms with Crippen LogP contribution in [0.5, 0.6) is 0 Å². The Hall–Kier alpha value is -1.93. The first-order valence-electron chi connectivity index (χ1n) is 7.88. The number of piperazine rings is 1. The van der Waals surface area contributed by atoms with Gasteiger partial charge in [0.1, 0.15) is 5.82 Å². The van der Waals surface area contributed by atoms with Crippen LogP contribution in [0.3, 0.4) is 0 Å². The van der Waals surface area contributed by atoms with Crippen molar-refractivity contribution in [1.29, 1.82) is 0 Å². The van der Waals surface area contributed by atoms with Crippen molar-refractivity contribution in [1.82, 2.24) is 20.2 Å². The molecule has 1 fully saturated rings. The summed E-state index contributed by atoms with van der Waals surface area (Å²) in [5.41, 5.74) is 1.81. The van der Waals surface area contributed by atoms with Gasteiger partial charge >= 0.3 is 6.03 Å². The SMILES string of the molecule is Cc1cnc(C)c(N2CCN(C(=O)NCCOCCO)CC2)n1. The molecule has 0 aliphatic carbocycles. The first-order valence-corrected chi connectivity index (χ1v) is 7.88. The number of aromatic nitrogens is 2. The highest BCUT2D eigenvalue weighted by Crippen LogP contribution is 2.17. The molecule has 0 saturated carbocycles. The summed E-state index contributed by atoms with van der Waals surface area (Å²) in [5.74, 6) is 0.905. The lowest BCUT2D eigenvalue weighted by atomic mass is 10.3.